The summed E-state index contributed by atoms with van der Waals surface area (Å²) in [6.07, 6.45) is 2.00. The number of benzene rings is 1. The summed E-state index contributed by atoms with van der Waals surface area (Å²) in [5.74, 6) is 0.586. The van der Waals surface area contributed by atoms with Crippen LogP contribution in [0.2, 0.25) is 0 Å². The van der Waals surface area contributed by atoms with Crippen molar-refractivity contribution in [2.24, 2.45) is 11.1 Å². The third-order valence-electron chi connectivity index (χ3n) is 3.81. The lowest BCUT2D eigenvalue weighted by molar-refractivity contribution is 0.160. The first-order valence-electron chi connectivity index (χ1n) is 5.97. The predicted octanol–water partition coefficient (Wildman–Crippen LogP) is 1.61. The van der Waals surface area contributed by atoms with Crippen LogP contribution in [0.5, 0.6) is 5.75 Å². The van der Waals surface area contributed by atoms with Gasteiger partial charge < -0.3 is 15.4 Å². The summed E-state index contributed by atoms with van der Waals surface area (Å²) in [5.41, 5.74) is 6.25. The normalized spacial score (nSPS) is 25.0. The van der Waals surface area contributed by atoms with Gasteiger partial charge in [0, 0.05) is 24.5 Å². The SMILES string of the molecule is N[C@@H]1CN(C(=O)Oc2ccccc2)CC12CC2. The maximum Gasteiger partial charge on any atom is 0.415 e. The van der Waals surface area contributed by atoms with E-state index in [2.05, 4.69) is 0 Å². The minimum Gasteiger partial charge on any atom is -0.410 e. The highest BCUT2D eigenvalue weighted by atomic mass is 16.6. The van der Waals surface area contributed by atoms with E-state index in [1.54, 1.807) is 17.0 Å². The average Bonchev–Trinajstić information content (AvgIpc) is 3.02. The van der Waals surface area contributed by atoms with Crippen molar-refractivity contribution in [3.05, 3.63) is 30.3 Å². The van der Waals surface area contributed by atoms with Crippen LogP contribution in [-0.2, 0) is 0 Å². The summed E-state index contributed by atoms with van der Waals surface area (Å²) in [4.78, 5) is 13.7. The van der Waals surface area contributed by atoms with Crippen molar-refractivity contribution in [2.75, 3.05) is 13.1 Å². The number of amides is 1. The molecule has 1 aromatic carbocycles. The zero-order valence-corrected chi connectivity index (χ0v) is 9.63. The number of carbonyl (C=O) groups is 1. The van der Waals surface area contributed by atoms with Crippen LogP contribution in [0, 0.1) is 5.41 Å². The van der Waals surface area contributed by atoms with Gasteiger partial charge >= 0.3 is 6.09 Å². The lowest BCUT2D eigenvalue weighted by Gasteiger charge is -2.15. The fraction of sp³-hybridized carbons (Fsp3) is 0.462. The van der Waals surface area contributed by atoms with E-state index in [1.165, 1.54) is 0 Å². The van der Waals surface area contributed by atoms with Crippen molar-refractivity contribution in [1.82, 2.24) is 4.90 Å². The predicted molar refractivity (Wildman–Crippen MR) is 63.7 cm³/mol. The molecule has 1 aliphatic carbocycles. The zero-order valence-electron chi connectivity index (χ0n) is 9.63. The molecule has 1 heterocycles. The largest absolute Gasteiger partial charge is 0.415 e. The smallest absolute Gasteiger partial charge is 0.410 e. The molecule has 17 heavy (non-hydrogen) atoms. The summed E-state index contributed by atoms with van der Waals surface area (Å²) >= 11 is 0. The second-order valence-corrected chi connectivity index (χ2v) is 5.03. The average molecular weight is 232 g/mol. The van der Waals surface area contributed by atoms with Gasteiger partial charge in [0.15, 0.2) is 0 Å². The maximum absolute atomic E-state index is 11.9. The lowest BCUT2D eigenvalue weighted by atomic mass is 10.0. The Morgan fingerprint density at radius 1 is 1.35 bits per heavy atom. The molecular formula is C13H16N2O2. The van der Waals surface area contributed by atoms with Gasteiger partial charge in [0.05, 0.1) is 0 Å². The Morgan fingerprint density at radius 2 is 2.06 bits per heavy atom. The number of rotatable bonds is 1. The lowest BCUT2D eigenvalue weighted by Crippen LogP contribution is -2.34. The van der Waals surface area contributed by atoms with E-state index in [9.17, 15) is 4.79 Å². The minimum atomic E-state index is -0.282. The third-order valence-corrected chi connectivity index (χ3v) is 3.81. The number of likely N-dealkylation sites (tertiary alicyclic amines) is 1. The van der Waals surface area contributed by atoms with E-state index in [4.69, 9.17) is 10.5 Å². The minimum absolute atomic E-state index is 0.117. The molecule has 1 aromatic rings. The second-order valence-electron chi connectivity index (χ2n) is 5.03. The summed E-state index contributed by atoms with van der Waals surface area (Å²) < 4.78 is 5.30. The standard InChI is InChI=1S/C13H16N2O2/c14-11-8-15(9-13(11)6-7-13)12(16)17-10-4-2-1-3-5-10/h1-5,11H,6-9,14H2/t11-/m1/s1. The van der Waals surface area contributed by atoms with Gasteiger partial charge in [-0.1, -0.05) is 18.2 Å². The van der Waals surface area contributed by atoms with Gasteiger partial charge in [0.25, 0.3) is 0 Å². The molecule has 1 aliphatic heterocycles. The van der Waals surface area contributed by atoms with E-state index in [0.717, 1.165) is 19.4 Å². The fourth-order valence-electron chi connectivity index (χ4n) is 2.48. The first kappa shape index (κ1) is 10.6. The Morgan fingerprint density at radius 3 is 2.65 bits per heavy atom. The molecule has 1 saturated heterocycles. The first-order chi connectivity index (χ1) is 8.20. The van der Waals surface area contributed by atoms with Crippen LogP contribution in [0.1, 0.15) is 12.8 Å². The molecule has 2 fully saturated rings. The van der Waals surface area contributed by atoms with Crippen molar-refractivity contribution in [3.8, 4) is 5.75 Å². The van der Waals surface area contributed by atoms with Crippen LogP contribution in [0.3, 0.4) is 0 Å². The molecule has 3 rings (SSSR count). The topological polar surface area (TPSA) is 55.6 Å². The summed E-state index contributed by atoms with van der Waals surface area (Å²) in [6, 6.07) is 9.26. The molecule has 0 aromatic heterocycles. The van der Waals surface area contributed by atoms with Crippen LogP contribution in [0.25, 0.3) is 0 Å². The zero-order chi connectivity index (χ0) is 11.9. The molecule has 2 N–H and O–H groups in total. The molecule has 4 heteroatoms. The third kappa shape index (κ3) is 1.89. The Bertz CT molecular complexity index is 428. The van der Waals surface area contributed by atoms with Crippen LogP contribution in [0.15, 0.2) is 30.3 Å². The molecule has 1 atom stereocenters. The van der Waals surface area contributed by atoms with Gasteiger partial charge in [0.2, 0.25) is 0 Å². The number of hydrogen-bond donors (Lipinski definition) is 1. The van der Waals surface area contributed by atoms with E-state index in [0.29, 0.717) is 12.3 Å². The van der Waals surface area contributed by atoms with E-state index < -0.39 is 0 Å². The number of hydrogen-bond acceptors (Lipinski definition) is 3. The molecule has 90 valence electrons. The fourth-order valence-corrected chi connectivity index (χ4v) is 2.48. The van der Waals surface area contributed by atoms with Gasteiger partial charge in [-0.3, -0.25) is 0 Å². The maximum atomic E-state index is 11.9. The molecule has 0 bridgehead atoms. The van der Waals surface area contributed by atoms with Crippen LogP contribution in [0.4, 0.5) is 4.79 Å². The molecule has 0 unspecified atom stereocenters. The Hall–Kier alpha value is -1.55. The summed E-state index contributed by atoms with van der Waals surface area (Å²) in [6.45, 7) is 1.37. The highest BCUT2D eigenvalue weighted by molar-refractivity contribution is 5.71. The van der Waals surface area contributed by atoms with Crippen molar-refractivity contribution in [1.29, 1.82) is 0 Å². The van der Waals surface area contributed by atoms with Crippen LogP contribution in [-0.4, -0.2) is 30.1 Å². The van der Waals surface area contributed by atoms with Gasteiger partial charge in [-0.2, -0.15) is 0 Å². The van der Waals surface area contributed by atoms with Crippen molar-refractivity contribution in [2.45, 2.75) is 18.9 Å². The molecule has 1 amide bonds. The number of para-hydroxylation sites is 1. The van der Waals surface area contributed by atoms with Crippen LogP contribution >= 0.6 is 0 Å². The highest BCUT2D eigenvalue weighted by Crippen LogP contribution is 2.51. The van der Waals surface area contributed by atoms with Crippen molar-refractivity contribution >= 4 is 6.09 Å². The van der Waals surface area contributed by atoms with Gasteiger partial charge in [0.1, 0.15) is 5.75 Å². The number of ether oxygens (including phenoxy) is 1. The molecule has 1 saturated carbocycles. The van der Waals surface area contributed by atoms with Gasteiger partial charge in [-0.25, -0.2) is 4.79 Å². The quantitative estimate of drug-likeness (QED) is 0.800. The van der Waals surface area contributed by atoms with Crippen LogP contribution < -0.4 is 10.5 Å². The van der Waals surface area contributed by atoms with Gasteiger partial charge in [-0.05, 0) is 25.0 Å². The number of nitrogens with two attached hydrogens (primary N) is 1. The second kappa shape index (κ2) is 3.74. The first-order valence-corrected chi connectivity index (χ1v) is 5.97. The summed E-state index contributed by atoms with van der Waals surface area (Å²) in [5, 5.41) is 0. The molecule has 0 radical (unpaired) electrons. The number of nitrogens with zero attached hydrogens (tertiary/aromatic N) is 1. The highest BCUT2D eigenvalue weighted by Gasteiger charge is 2.54. The van der Waals surface area contributed by atoms with E-state index >= 15 is 0 Å². The Labute approximate surface area is 100 Å². The Kier molecular flexibility index (Phi) is 2.33. The monoisotopic (exact) mass is 232 g/mol. The van der Waals surface area contributed by atoms with Crippen molar-refractivity contribution in [3.63, 3.8) is 0 Å². The Balaban J connectivity index is 1.64. The number of carbonyl (C=O) groups excluding carboxylic acids is 1. The van der Waals surface area contributed by atoms with E-state index in [-0.39, 0.29) is 17.6 Å². The van der Waals surface area contributed by atoms with Gasteiger partial charge in [-0.15, -0.1) is 0 Å². The van der Waals surface area contributed by atoms with E-state index in [1.807, 2.05) is 18.2 Å². The van der Waals surface area contributed by atoms with Crippen molar-refractivity contribution < 1.29 is 9.53 Å². The molecule has 2 aliphatic rings. The summed E-state index contributed by atoms with van der Waals surface area (Å²) in [7, 11) is 0. The molecular weight excluding hydrogens is 216 g/mol. The molecule has 4 nitrogen and oxygen atoms in total. The molecule has 1 spiro atoms.